The minimum absolute atomic E-state index is 0.0838. The number of carboxylic acid groups (broad SMARTS) is 1. The number of thiophene rings is 1. The van der Waals surface area contributed by atoms with E-state index in [-0.39, 0.29) is 17.7 Å². The minimum Gasteiger partial charge on any atom is -0.545 e. The summed E-state index contributed by atoms with van der Waals surface area (Å²) in [5.41, 5.74) is 3.55. The van der Waals surface area contributed by atoms with E-state index in [2.05, 4.69) is 0 Å². The second-order valence-corrected chi connectivity index (χ2v) is 8.50. The first kappa shape index (κ1) is 22.0. The number of halogens is 3. The molecule has 32 heavy (non-hydrogen) atoms. The highest BCUT2D eigenvalue weighted by Crippen LogP contribution is 2.43. The van der Waals surface area contributed by atoms with Gasteiger partial charge in [-0.05, 0) is 71.5 Å². The summed E-state index contributed by atoms with van der Waals surface area (Å²) in [7, 11) is 0. The number of carboxylic acids is 1. The van der Waals surface area contributed by atoms with Crippen LogP contribution in [-0.2, 0) is 6.61 Å². The summed E-state index contributed by atoms with van der Waals surface area (Å²) in [4.78, 5) is 12.1. The molecule has 0 spiro atoms. The second-order valence-electron chi connectivity index (χ2n) is 7.15. The third-order valence-corrected chi connectivity index (χ3v) is 6.18. The van der Waals surface area contributed by atoms with Gasteiger partial charge < -0.3 is 14.6 Å². The van der Waals surface area contributed by atoms with Crippen molar-refractivity contribution in [3.63, 3.8) is 0 Å². The summed E-state index contributed by atoms with van der Waals surface area (Å²) in [5.74, 6) is -2.08. The molecule has 4 aromatic rings. The van der Waals surface area contributed by atoms with Gasteiger partial charge in [0.25, 0.3) is 0 Å². The first-order valence-electron chi connectivity index (χ1n) is 9.60. The number of hydrogen-bond donors (Lipinski definition) is 0. The van der Waals surface area contributed by atoms with Gasteiger partial charge in [0.2, 0.25) is 0 Å². The zero-order valence-corrected chi connectivity index (χ0v) is 18.4. The fourth-order valence-electron chi connectivity index (χ4n) is 3.41. The Kier molecular flexibility index (Phi) is 6.26. The van der Waals surface area contributed by atoms with Crippen LogP contribution in [0.25, 0.3) is 21.6 Å². The molecule has 0 aliphatic carbocycles. The fourth-order valence-corrected chi connectivity index (χ4v) is 4.58. The summed E-state index contributed by atoms with van der Waals surface area (Å²) in [6.07, 6.45) is 0. The Morgan fingerprint density at radius 1 is 1.00 bits per heavy atom. The van der Waals surface area contributed by atoms with Gasteiger partial charge in [0, 0.05) is 32.7 Å². The summed E-state index contributed by atoms with van der Waals surface area (Å²) in [6.45, 7) is 1.75. The molecule has 0 aliphatic rings. The summed E-state index contributed by atoms with van der Waals surface area (Å²) < 4.78 is 33.1. The van der Waals surface area contributed by atoms with Gasteiger partial charge in [-0.2, -0.15) is 0 Å². The van der Waals surface area contributed by atoms with Crippen molar-refractivity contribution in [2.75, 3.05) is 0 Å². The largest absolute Gasteiger partial charge is 0.545 e. The van der Waals surface area contributed by atoms with Crippen molar-refractivity contribution >= 4 is 28.9 Å². The van der Waals surface area contributed by atoms with Gasteiger partial charge in [-0.15, -0.1) is 11.3 Å². The molecule has 7 heteroatoms. The number of aromatic carboxylic acids is 1. The third-order valence-electron chi connectivity index (χ3n) is 5.00. The van der Waals surface area contributed by atoms with E-state index in [4.69, 9.17) is 16.3 Å². The lowest BCUT2D eigenvalue weighted by molar-refractivity contribution is -0.255. The highest BCUT2D eigenvalue weighted by atomic mass is 35.5. The average Bonchev–Trinajstić information content (AvgIpc) is 3.23. The van der Waals surface area contributed by atoms with Crippen LogP contribution < -0.4 is 9.84 Å². The molecule has 0 amide bonds. The molecule has 0 saturated carbocycles. The molecule has 0 bridgehead atoms. The van der Waals surface area contributed by atoms with E-state index in [1.54, 1.807) is 30.3 Å². The smallest absolute Gasteiger partial charge is 0.132 e. The van der Waals surface area contributed by atoms with Crippen LogP contribution in [0.3, 0.4) is 0 Å². The maximum Gasteiger partial charge on any atom is 0.132 e. The third kappa shape index (κ3) is 4.52. The molecule has 0 unspecified atom stereocenters. The van der Waals surface area contributed by atoms with Crippen LogP contribution in [0.1, 0.15) is 21.5 Å². The van der Waals surface area contributed by atoms with E-state index in [0.29, 0.717) is 16.3 Å². The molecule has 1 heterocycles. The van der Waals surface area contributed by atoms with Gasteiger partial charge in [0.05, 0.1) is 5.97 Å². The lowest BCUT2D eigenvalue weighted by atomic mass is 9.98. The number of rotatable bonds is 6. The Hall–Kier alpha value is -3.22. The lowest BCUT2D eigenvalue weighted by Crippen LogP contribution is -2.22. The molecule has 3 nitrogen and oxygen atoms in total. The van der Waals surface area contributed by atoms with Gasteiger partial charge in [-0.1, -0.05) is 23.7 Å². The number of carbonyl (C=O) groups is 1. The van der Waals surface area contributed by atoms with E-state index in [1.165, 1.54) is 29.5 Å². The van der Waals surface area contributed by atoms with Crippen LogP contribution in [0.5, 0.6) is 5.75 Å². The number of aryl methyl sites for hydroxylation is 1. The topological polar surface area (TPSA) is 49.4 Å². The van der Waals surface area contributed by atoms with Gasteiger partial charge in [0.1, 0.15) is 24.0 Å². The van der Waals surface area contributed by atoms with Gasteiger partial charge in [-0.25, -0.2) is 8.78 Å². The molecule has 0 atom stereocenters. The molecule has 3 aromatic carbocycles. The SMILES string of the molecule is Cc1cc(C(=O)[O-])ccc1-c1sccc1-c1cc(Cl)ccc1OCc1ccc(F)cc1F. The standard InChI is InChI=1S/C25H17ClF2O3S/c1-14-10-15(25(29)30)3-6-19(14)24-20(8-9-32-24)21-11-17(26)4-7-23(21)31-13-16-2-5-18(27)12-22(16)28/h2-12H,13H2,1H3,(H,29,30)/p-1. The molecule has 4 rings (SSSR count). The Morgan fingerprint density at radius 3 is 2.53 bits per heavy atom. The lowest BCUT2D eigenvalue weighted by Gasteiger charge is -2.15. The van der Waals surface area contributed by atoms with E-state index >= 15 is 0 Å². The Bertz CT molecular complexity index is 1320. The second kappa shape index (κ2) is 9.10. The zero-order valence-electron chi connectivity index (χ0n) is 16.8. The molecule has 0 radical (unpaired) electrons. The zero-order chi connectivity index (χ0) is 22.8. The molecular weight excluding hydrogens is 454 g/mol. The average molecular weight is 470 g/mol. The number of ether oxygens (including phenoxy) is 1. The molecule has 162 valence electrons. The normalized spacial score (nSPS) is 10.9. The predicted molar refractivity (Wildman–Crippen MR) is 120 cm³/mol. The van der Waals surface area contributed by atoms with E-state index < -0.39 is 17.6 Å². The van der Waals surface area contributed by atoms with E-state index in [9.17, 15) is 18.7 Å². The van der Waals surface area contributed by atoms with Crippen LogP contribution >= 0.6 is 22.9 Å². The van der Waals surface area contributed by atoms with Crippen molar-refractivity contribution in [3.8, 4) is 27.3 Å². The van der Waals surface area contributed by atoms with Crippen molar-refractivity contribution in [2.24, 2.45) is 0 Å². The van der Waals surface area contributed by atoms with Crippen molar-refractivity contribution in [2.45, 2.75) is 13.5 Å². The summed E-state index contributed by atoms with van der Waals surface area (Å²) in [6, 6.07) is 15.2. The monoisotopic (exact) mass is 469 g/mol. The van der Waals surface area contributed by atoms with Crippen LogP contribution in [0, 0.1) is 18.6 Å². The van der Waals surface area contributed by atoms with Crippen LogP contribution in [-0.4, -0.2) is 5.97 Å². The highest BCUT2D eigenvalue weighted by Gasteiger charge is 2.17. The summed E-state index contributed by atoms with van der Waals surface area (Å²) in [5, 5.41) is 13.6. The van der Waals surface area contributed by atoms with Crippen LogP contribution in [0.4, 0.5) is 8.78 Å². The molecule has 0 fully saturated rings. The van der Waals surface area contributed by atoms with Gasteiger partial charge in [0.15, 0.2) is 0 Å². The molecule has 0 aliphatic heterocycles. The predicted octanol–water partition coefficient (Wildman–Crippen LogP) is 6.26. The molecule has 0 N–H and O–H groups in total. The van der Waals surface area contributed by atoms with E-state index in [1.807, 2.05) is 18.4 Å². The van der Waals surface area contributed by atoms with E-state index in [0.717, 1.165) is 27.6 Å². The Morgan fingerprint density at radius 2 is 1.81 bits per heavy atom. The van der Waals surface area contributed by atoms with Crippen molar-refractivity contribution < 1.29 is 23.4 Å². The number of hydrogen-bond acceptors (Lipinski definition) is 4. The number of benzene rings is 3. The Balaban J connectivity index is 1.72. The maximum atomic E-state index is 14.0. The first-order chi connectivity index (χ1) is 15.3. The number of carbonyl (C=O) groups excluding carboxylic acids is 1. The molecular formula is C25H16ClF2O3S-. The van der Waals surface area contributed by atoms with Crippen LogP contribution in [0.2, 0.25) is 5.02 Å². The van der Waals surface area contributed by atoms with Gasteiger partial charge >= 0.3 is 0 Å². The molecule has 0 saturated heterocycles. The quantitative estimate of drug-likeness (QED) is 0.334. The van der Waals surface area contributed by atoms with Crippen molar-refractivity contribution in [1.82, 2.24) is 0 Å². The van der Waals surface area contributed by atoms with Crippen LogP contribution in [0.15, 0.2) is 66.0 Å². The van der Waals surface area contributed by atoms with Crippen molar-refractivity contribution in [1.29, 1.82) is 0 Å². The van der Waals surface area contributed by atoms with Crippen molar-refractivity contribution in [3.05, 3.63) is 99.4 Å². The summed E-state index contributed by atoms with van der Waals surface area (Å²) >= 11 is 7.75. The highest BCUT2D eigenvalue weighted by molar-refractivity contribution is 7.14. The molecule has 1 aromatic heterocycles. The minimum atomic E-state index is -1.23. The maximum absolute atomic E-state index is 14.0. The first-order valence-corrected chi connectivity index (χ1v) is 10.9. The fraction of sp³-hybridized carbons (Fsp3) is 0.0800. The van der Waals surface area contributed by atoms with Gasteiger partial charge in [-0.3, -0.25) is 0 Å². The Labute approximate surface area is 192 Å².